The number of nitrogens with one attached hydrogen (secondary N) is 1. The summed E-state index contributed by atoms with van der Waals surface area (Å²) in [6, 6.07) is 11.4. The molecular formula is C15H15FN2O. The Hall–Kier alpha value is -2.36. The number of anilines is 1. The molecule has 0 aliphatic rings. The summed E-state index contributed by atoms with van der Waals surface area (Å²) < 4.78 is 13.4. The van der Waals surface area contributed by atoms with Crippen LogP contribution >= 0.6 is 0 Å². The quantitative estimate of drug-likeness (QED) is 0.831. The predicted molar refractivity (Wildman–Crippen MR) is 73.2 cm³/mol. The van der Waals surface area contributed by atoms with Crippen LogP contribution in [0.2, 0.25) is 0 Å². The molecule has 0 aromatic heterocycles. The Bertz CT molecular complexity index is 611. The van der Waals surface area contributed by atoms with E-state index in [2.05, 4.69) is 5.32 Å². The van der Waals surface area contributed by atoms with Crippen molar-refractivity contribution in [1.82, 2.24) is 5.32 Å². The van der Waals surface area contributed by atoms with Gasteiger partial charge in [0, 0.05) is 23.4 Å². The predicted octanol–water partition coefficient (Wildman–Crippen LogP) is 2.65. The van der Waals surface area contributed by atoms with Gasteiger partial charge in [0.2, 0.25) is 0 Å². The molecule has 0 saturated heterocycles. The third-order valence-electron chi connectivity index (χ3n) is 2.89. The van der Waals surface area contributed by atoms with Gasteiger partial charge >= 0.3 is 0 Å². The molecule has 0 spiro atoms. The van der Waals surface area contributed by atoms with Crippen molar-refractivity contribution < 1.29 is 9.18 Å². The van der Waals surface area contributed by atoms with Crippen LogP contribution in [0.1, 0.15) is 21.5 Å². The minimum Gasteiger partial charge on any atom is -0.399 e. The molecule has 3 nitrogen and oxygen atoms in total. The number of carbonyl (C=O) groups is 1. The lowest BCUT2D eigenvalue weighted by Crippen LogP contribution is -2.24. The molecule has 0 bridgehead atoms. The maximum absolute atomic E-state index is 13.4. The van der Waals surface area contributed by atoms with E-state index in [-0.39, 0.29) is 18.3 Å². The van der Waals surface area contributed by atoms with Gasteiger partial charge in [-0.25, -0.2) is 4.39 Å². The third-order valence-corrected chi connectivity index (χ3v) is 2.89. The van der Waals surface area contributed by atoms with Crippen LogP contribution in [0.3, 0.4) is 0 Å². The fourth-order valence-corrected chi connectivity index (χ4v) is 1.85. The van der Waals surface area contributed by atoms with Crippen molar-refractivity contribution in [1.29, 1.82) is 0 Å². The molecule has 0 atom stereocenters. The Kier molecular flexibility index (Phi) is 3.80. The van der Waals surface area contributed by atoms with E-state index in [0.717, 1.165) is 5.56 Å². The first kappa shape index (κ1) is 13.1. The lowest BCUT2D eigenvalue weighted by molar-refractivity contribution is 0.0950. The highest BCUT2D eigenvalue weighted by atomic mass is 19.1. The number of rotatable bonds is 3. The molecule has 1 amide bonds. The number of hydrogen-bond acceptors (Lipinski definition) is 2. The summed E-state index contributed by atoms with van der Waals surface area (Å²) in [7, 11) is 0. The van der Waals surface area contributed by atoms with Crippen molar-refractivity contribution in [3.8, 4) is 0 Å². The maximum atomic E-state index is 13.4. The summed E-state index contributed by atoms with van der Waals surface area (Å²) in [5.41, 5.74) is 8.05. The molecule has 0 saturated carbocycles. The van der Waals surface area contributed by atoms with E-state index in [4.69, 9.17) is 5.73 Å². The van der Waals surface area contributed by atoms with Gasteiger partial charge in [0.15, 0.2) is 0 Å². The zero-order chi connectivity index (χ0) is 13.8. The molecular weight excluding hydrogens is 243 g/mol. The Morgan fingerprint density at radius 1 is 1.26 bits per heavy atom. The molecule has 0 radical (unpaired) electrons. The standard InChI is InChI=1S/C15H15FN2O/c1-10-8-12(17)6-7-13(10)15(19)18-9-11-4-2-3-5-14(11)16/h2-8H,9,17H2,1H3,(H,18,19). The third kappa shape index (κ3) is 3.10. The highest BCUT2D eigenvalue weighted by Crippen LogP contribution is 2.13. The Labute approximate surface area is 111 Å². The average Bonchev–Trinajstić information content (AvgIpc) is 2.37. The molecule has 0 unspecified atom stereocenters. The molecule has 2 aromatic rings. The first-order chi connectivity index (χ1) is 9.08. The fourth-order valence-electron chi connectivity index (χ4n) is 1.85. The minimum atomic E-state index is -0.322. The van der Waals surface area contributed by atoms with Crippen molar-refractivity contribution in [2.24, 2.45) is 0 Å². The van der Waals surface area contributed by atoms with Crippen LogP contribution in [-0.4, -0.2) is 5.91 Å². The SMILES string of the molecule is Cc1cc(N)ccc1C(=O)NCc1ccccc1F. The van der Waals surface area contributed by atoms with Gasteiger partial charge in [-0.15, -0.1) is 0 Å². The Morgan fingerprint density at radius 2 is 2.00 bits per heavy atom. The minimum absolute atomic E-state index is 0.162. The number of nitrogen functional groups attached to an aromatic ring is 1. The first-order valence-corrected chi connectivity index (χ1v) is 5.95. The molecule has 2 rings (SSSR count). The van der Waals surface area contributed by atoms with Crippen molar-refractivity contribution in [2.45, 2.75) is 13.5 Å². The summed E-state index contributed by atoms with van der Waals surface area (Å²) in [5, 5.41) is 2.70. The molecule has 0 heterocycles. The van der Waals surface area contributed by atoms with Gasteiger partial charge < -0.3 is 11.1 Å². The van der Waals surface area contributed by atoms with Gasteiger partial charge in [0.05, 0.1) is 0 Å². The molecule has 0 fully saturated rings. The van der Waals surface area contributed by atoms with Gasteiger partial charge in [-0.3, -0.25) is 4.79 Å². The highest BCUT2D eigenvalue weighted by molar-refractivity contribution is 5.95. The van der Waals surface area contributed by atoms with Crippen molar-refractivity contribution in [3.63, 3.8) is 0 Å². The zero-order valence-electron chi connectivity index (χ0n) is 10.6. The van der Waals surface area contributed by atoms with E-state index in [1.54, 1.807) is 36.4 Å². The number of carbonyl (C=O) groups excluding carboxylic acids is 1. The first-order valence-electron chi connectivity index (χ1n) is 5.95. The smallest absolute Gasteiger partial charge is 0.251 e. The molecule has 3 N–H and O–H groups in total. The Morgan fingerprint density at radius 3 is 2.68 bits per heavy atom. The van der Waals surface area contributed by atoms with Crippen molar-refractivity contribution >= 4 is 11.6 Å². The molecule has 19 heavy (non-hydrogen) atoms. The van der Waals surface area contributed by atoms with Crippen molar-refractivity contribution in [3.05, 3.63) is 65.0 Å². The second-order valence-corrected chi connectivity index (χ2v) is 4.35. The van der Waals surface area contributed by atoms with E-state index < -0.39 is 0 Å². The average molecular weight is 258 g/mol. The second-order valence-electron chi connectivity index (χ2n) is 4.35. The topological polar surface area (TPSA) is 55.1 Å². The monoisotopic (exact) mass is 258 g/mol. The normalized spacial score (nSPS) is 10.2. The van der Waals surface area contributed by atoms with Gasteiger partial charge in [-0.1, -0.05) is 18.2 Å². The van der Waals surface area contributed by atoms with E-state index in [1.165, 1.54) is 6.07 Å². The number of halogens is 1. The summed E-state index contributed by atoms with van der Waals surface area (Å²) in [4.78, 5) is 12.0. The number of amides is 1. The molecule has 2 aromatic carbocycles. The summed E-state index contributed by atoms with van der Waals surface area (Å²) in [6.07, 6.45) is 0. The molecule has 4 heteroatoms. The highest BCUT2D eigenvalue weighted by Gasteiger charge is 2.09. The van der Waals surface area contributed by atoms with Crippen LogP contribution in [0.25, 0.3) is 0 Å². The van der Waals surface area contributed by atoms with Gasteiger partial charge in [0.1, 0.15) is 5.82 Å². The van der Waals surface area contributed by atoms with Crippen LogP contribution in [0.5, 0.6) is 0 Å². The van der Waals surface area contributed by atoms with Crippen LogP contribution in [0, 0.1) is 12.7 Å². The number of hydrogen-bond donors (Lipinski definition) is 2. The molecule has 0 aliphatic heterocycles. The maximum Gasteiger partial charge on any atom is 0.251 e. The summed E-state index contributed by atoms with van der Waals surface area (Å²) in [5.74, 6) is -0.558. The van der Waals surface area contributed by atoms with E-state index in [9.17, 15) is 9.18 Å². The van der Waals surface area contributed by atoms with E-state index in [0.29, 0.717) is 16.8 Å². The lowest BCUT2D eigenvalue weighted by Gasteiger charge is -2.09. The van der Waals surface area contributed by atoms with Crippen LogP contribution in [0.15, 0.2) is 42.5 Å². The van der Waals surface area contributed by atoms with Crippen molar-refractivity contribution in [2.75, 3.05) is 5.73 Å². The van der Waals surface area contributed by atoms with Crippen LogP contribution < -0.4 is 11.1 Å². The number of nitrogens with two attached hydrogens (primary N) is 1. The molecule has 98 valence electrons. The lowest BCUT2D eigenvalue weighted by atomic mass is 10.1. The number of benzene rings is 2. The largest absolute Gasteiger partial charge is 0.399 e. The second kappa shape index (κ2) is 5.52. The summed E-state index contributed by atoms with van der Waals surface area (Å²) >= 11 is 0. The fraction of sp³-hybridized carbons (Fsp3) is 0.133. The Balaban J connectivity index is 2.08. The van der Waals surface area contributed by atoms with E-state index in [1.807, 2.05) is 6.92 Å². The van der Waals surface area contributed by atoms with Gasteiger partial charge in [-0.2, -0.15) is 0 Å². The molecule has 0 aliphatic carbocycles. The van der Waals surface area contributed by atoms with E-state index >= 15 is 0 Å². The van der Waals surface area contributed by atoms with Crippen LogP contribution in [-0.2, 0) is 6.54 Å². The van der Waals surface area contributed by atoms with Gasteiger partial charge in [-0.05, 0) is 36.8 Å². The van der Waals surface area contributed by atoms with Crippen LogP contribution in [0.4, 0.5) is 10.1 Å². The summed E-state index contributed by atoms with van der Waals surface area (Å²) in [6.45, 7) is 1.98. The van der Waals surface area contributed by atoms with Gasteiger partial charge in [0.25, 0.3) is 5.91 Å². The number of aryl methyl sites for hydroxylation is 1. The zero-order valence-corrected chi connectivity index (χ0v) is 10.6.